The number of hydrogen-bond donors (Lipinski definition) is 1. The highest BCUT2D eigenvalue weighted by molar-refractivity contribution is 6.30. The summed E-state index contributed by atoms with van der Waals surface area (Å²) in [6, 6.07) is 12.9. The molecule has 1 saturated carbocycles. The summed E-state index contributed by atoms with van der Waals surface area (Å²) in [5.41, 5.74) is -2.97. The zero-order valence-electron chi connectivity index (χ0n) is 13.8. The van der Waals surface area contributed by atoms with Gasteiger partial charge in [0.1, 0.15) is 6.10 Å². The molecule has 1 aliphatic carbocycles. The molecular formula is C19H15ClN4O2. The molecule has 0 unspecified atom stereocenters. The van der Waals surface area contributed by atoms with Crippen molar-refractivity contribution in [2.24, 2.45) is 16.7 Å². The van der Waals surface area contributed by atoms with E-state index in [-0.39, 0.29) is 5.90 Å². The van der Waals surface area contributed by atoms with E-state index in [1.165, 1.54) is 0 Å². The second-order valence-electron chi connectivity index (χ2n) is 7.04. The molecule has 2 bridgehead atoms. The summed E-state index contributed by atoms with van der Waals surface area (Å²) in [6.07, 6.45) is 1.78. The first-order valence-corrected chi connectivity index (χ1v) is 8.82. The normalized spacial score (nSPS) is 36.8. The molecule has 2 saturated heterocycles. The van der Waals surface area contributed by atoms with Gasteiger partial charge in [-0.3, -0.25) is 5.41 Å². The van der Waals surface area contributed by atoms with E-state index < -0.39 is 28.6 Å². The van der Waals surface area contributed by atoms with Crippen LogP contribution in [0.15, 0.2) is 24.3 Å². The van der Waals surface area contributed by atoms with Crippen molar-refractivity contribution in [2.75, 3.05) is 0 Å². The molecule has 0 amide bonds. The number of halogens is 1. The number of ether oxygens (including phenoxy) is 2. The van der Waals surface area contributed by atoms with Gasteiger partial charge in [-0.15, -0.1) is 0 Å². The lowest BCUT2D eigenvalue weighted by Crippen LogP contribution is -2.60. The maximum absolute atomic E-state index is 10.1. The SMILES string of the molecule is N#CC1(C#N)[C@@H](c2ccc(Cl)cc2)O[C@@]23CCCC[C@@H]2[C@@]1(C#N)C(=N)O3. The van der Waals surface area contributed by atoms with Gasteiger partial charge in [0.05, 0.1) is 24.1 Å². The van der Waals surface area contributed by atoms with Crippen molar-refractivity contribution in [3.05, 3.63) is 34.9 Å². The van der Waals surface area contributed by atoms with Crippen LogP contribution in [-0.2, 0) is 9.47 Å². The highest BCUT2D eigenvalue weighted by Gasteiger charge is 2.80. The first kappa shape index (κ1) is 16.9. The number of benzene rings is 1. The van der Waals surface area contributed by atoms with Crippen LogP contribution < -0.4 is 0 Å². The Morgan fingerprint density at radius 2 is 1.77 bits per heavy atom. The fourth-order valence-corrected chi connectivity index (χ4v) is 4.92. The van der Waals surface area contributed by atoms with Crippen molar-refractivity contribution in [1.29, 1.82) is 21.2 Å². The van der Waals surface area contributed by atoms with Crippen LogP contribution in [0.25, 0.3) is 0 Å². The van der Waals surface area contributed by atoms with Crippen molar-refractivity contribution in [3.8, 4) is 18.2 Å². The van der Waals surface area contributed by atoms with Gasteiger partial charge in [-0.1, -0.05) is 30.2 Å². The number of rotatable bonds is 1. The molecule has 0 spiro atoms. The molecule has 7 heteroatoms. The molecule has 1 N–H and O–H groups in total. The van der Waals surface area contributed by atoms with Crippen molar-refractivity contribution in [2.45, 2.75) is 37.6 Å². The predicted molar refractivity (Wildman–Crippen MR) is 90.5 cm³/mol. The average molecular weight is 367 g/mol. The Hall–Kier alpha value is -2.59. The predicted octanol–water partition coefficient (Wildman–Crippen LogP) is 3.85. The molecule has 0 aromatic heterocycles. The van der Waals surface area contributed by atoms with E-state index in [0.717, 1.165) is 12.8 Å². The second kappa shape index (κ2) is 5.45. The molecule has 1 aromatic carbocycles. The summed E-state index contributed by atoms with van der Waals surface area (Å²) in [4.78, 5) is 0. The van der Waals surface area contributed by atoms with Gasteiger partial charge in [0.15, 0.2) is 5.41 Å². The molecular weight excluding hydrogens is 352 g/mol. The largest absolute Gasteiger partial charge is 0.447 e. The van der Waals surface area contributed by atoms with E-state index in [0.29, 0.717) is 23.4 Å². The first-order valence-electron chi connectivity index (χ1n) is 8.45. The minimum atomic E-state index is -1.88. The average Bonchev–Trinajstić information content (AvgIpc) is 2.87. The molecule has 4 atom stereocenters. The summed E-state index contributed by atoms with van der Waals surface area (Å²) in [7, 11) is 0. The quantitative estimate of drug-likeness (QED) is 0.810. The van der Waals surface area contributed by atoms with E-state index in [4.69, 9.17) is 26.5 Å². The van der Waals surface area contributed by atoms with Crippen molar-refractivity contribution in [3.63, 3.8) is 0 Å². The first-order chi connectivity index (χ1) is 12.5. The minimum Gasteiger partial charge on any atom is -0.447 e. The standard InChI is InChI=1S/C19H15ClN4O2/c20-13-6-4-12(5-7-13)15-17(9-21,10-22)18(11-23)14-3-1-2-8-19(14,25-15)26-16(18)24/h4-7,14-15,24H,1-3,8H2/t14-,15-,18+,19-/m1/s1. The number of hydrogen-bond acceptors (Lipinski definition) is 6. The second-order valence-corrected chi connectivity index (χ2v) is 7.48. The zero-order chi connectivity index (χ0) is 18.6. The number of nitrogens with zero attached hydrogens (tertiary/aromatic N) is 3. The Labute approximate surface area is 156 Å². The van der Waals surface area contributed by atoms with E-state index in [9.17, 15) is 15.8 Å². The van der Waals surface area contributed by atoms with Crippen molar-refractivity contribution >= 4 is 17.5 Å². The summed E-state index contributed by atoms with van der Waals surface area (Å²) in [6.45, 7) is 0. The third kappa shape index (κ3) is 1.75. The molecule has 3 aliphatic rings. The summed E-state index contributed by atoms with van der Waals surface area (Å²) >= 11 is 5.96. The Morgan fingerprint density at radius 3 is 2.38 bits per heavy atom. The molecule has 0 radical (unpaired) electrons. The van der Waals surface area contributed by atoms with Crippen molar-refractivity contribution in [1.82, 2.24) is 0 Å². The van der Waals surface area contributed by atoms with Gasteiger partial charge in [-0.05, 0) is 30.5 Å². The van der Waals surface area contributed by atoms with Gasteiger partial charge in [0, 0.05) is 11.4 Å². The van der Waals surface area contributed by atoms with Crippen LogP contribution in [0.2, 0.25) is 5.02 Å². The van der Waals surface area contributed by atoms with Gasteiger partial charge in [0.25, 0.3) is 0 Å². The molecule has 26 heavy (non-hydrogen) atoms. The van der Waals surface area contributed by atoms with Crippen molar-refractivity contribution < 1.29 is 9.47 Å². The molecule has 3 fully saturated rings. The maximum Gasteiger partial charge on any atom is 0.217 e. The Bertz CT molecular complexity index is 895. The Balaban J connectivity index is 1.99. The van der Waals surface area contributed by atoms with E-state index in [1.54, 1.807) is 24.3 Å². The monoisotopic (exact) mass is 366 g/mol. The molecule has 2 aliphatic heterocycles. The zero-order valence-corrected chi connectivity index (χ0v) is 14.6. The smallest absolute Gasteiger partial charge is 0.217 e. The Kier molecular flexibility index (Phi) is 3.53. The maximum atomic E-state index is 10.1. The van der Waals surface area contributed by atoms with E-state index in [2.05, 4.69) is 6.07 Å². The van der Waals surface area contributed by atoms with Gasteiger partial charge >= 0.3 is 0 Å². The summed E-state index contributed by atoms with van der Waals surface area (Å²) in [5, 5.41) is 39.2. The lowest BCUT2D eigenvalue weighted by molar-refractivity contribution is -0.294. The van der Waals surface area contributed by atoms with Crippen LogP contribution in [0.4, 0.5) is 0 Å². The molecule has 4 rings (SSSR count). The van der Waals surface area contributed by atoms with Crippen LogP contribution in [-0.4, -0.2) is 11.7 Å². The van der Waals surface area contributed by atoms with Crippen LogP contribution >= 0.6 is 11.6 Å². The third-order valence-corrected chi connectivity index (χ3v) is 6.24. The molecule has 2 heterocycles. The molecule has 130 valence electrons. The van der Waals surface area contributed by atoms with E-state index in [1.807, 2.05) is 12.1 Å². The van der Waals surface area contributed by atoms with Gasteiger partial charge in [0.2, 0.25) is 17.1 Å². The van der Waals surface area contributed by atoms with Gasteiger partial charge in [-0.2, -0.15) is 15.8 Å². The Morgan fingerprint density at radius 1 is 1.08 bits per heavy atom. The topological polar surface area (TPSA) is 114 Å². The third-order valence-electron chi connectivity index (χ3n) is 5.99. The highest BCUT2D eigenvalue weighted by atomic mass is 35.5. The highest BCUT2D eigenvalue weighted by Crippen LogP contribution is 2.69. The molecule has 6 nitrogen and oxygen atoms in total. The number of nitriles is 3. The van der Waals surface area contributed by atoms with E-state index >= 15 is 0 Å². The lowest BCUT2D eigenvalue weighted by atomic mass is 9.51. The van der Waals surface area contributed by atoms with Crippen LogP contribution in [0, 0.1) is 56.2 Å². The van der Waals surface area contributed by atoms with Crippen LogP contribution in [0.3, 0.4) is 0 Å². The summed E-state index contributed by atoms with van der Waals surface area (Å²) in [5.74, 6) is -1.97. The van der Waals surface area contributed by atoms with Gasteiger partial charge in [-0.25, -0.2) is 0 Å². The molecule has 1 aromatic rings. The minimum absolute atomic E-state index is 0.327. The van der Waals surface area contributed by atoms with Crippen LogP contribution in [0.1, 0.15) is 37.4 Å². The lowest BCUT2D eigenvalue weighted by Gasteiger charge is -2.51. The van der Waals surface area contributed by atoms with Crippen LogP contribution in [0.5, 0.6) is 0 Å². The fraction of sp³-hybridized carbons (Fsp3) is 0.474. The van der Waals surface area contributed by atoms with Gasteiger partial charge < -0.3 is 9.47 Å². The summed E-state index contributed by atoms with van der Waals surface area (Å²) < 4.78 is 12.1. The number of nitrogens with one attached hydrogen (secondary N) is 1. The fourth-order valence-electron chi connectivity index (χ4n) is 4.80.